The minimum Gasteiger partial charge on any atom is -0.550 e. The van der Waals surface area contributed by atoms with Gasteiger partial charge in [-0.05, 0) is 12.8 Å². The van der Waals surface area contributed by atoms with Crippen LogP contribution in [-0.2, 0) is 32.0 Å². The van der Waals surface area contributed by atoms with Gasteiger partial charge in [-0.1, -0.05) is 0 Å². The van der Waals surface area contributed by atoms with Crippen molar-refractivity contribution < 1.29 is 42.2 Å². The number of hydrogen-bond donors (Lipinski definition) is 3. The maximum Gasteiger partial charge on any atom is 1.00 e. The van der Waals surface area contributed by atoms with Crippen LogP contribution in [0.1, 0.15) is 12.8 Å². The maximum absolute atomic E-state index is 10.7. The normalized spacial score (nSPS) is 35.3. The van der Waals surface area contributed by atoms with Crippen molar-refractivity contribution in [2.45, 2.75) is 23.3 Å². The molecule has 7 heteroatoms. The summed E-state index contributed by atoms with van der Waals surface area (Å²) in [5, 5.41) is 18.4. The van der Waals surface area contributed by atoms with Gasteiger partial charge in [0.25, 0.3) is 0 Å². The summed E-state index contributed by atoms with van der Waals surface area (Å²) >= 11 is 8.18. The van der Waals surface area contributed by atoms with Gasteiger partial charge in [0, 0.05) is 22.4 Å². The SMILES string of the molecule is O=C([O-])C1CCC(C(=O)O)C(S)C1S.[Au+]. The molecule has 0 bridgehead atoms. The van der Waals surface area contributed by atoms with Crippen LogP contribution in [0.4, 0.5) is 0 Å². The molecular formula is C8H11AuO4S2. The Kier molecular flexibility index (Phi) is 6.36. The largest absolute Gasteiger partial charge is 1.00 e. The molecule has 1 N–H and O–H groups in total. The van der Waals surface area contributed by atoms with Crippen LogP contribution in [-0.4, -0.2) is 27.5 Å². The topological polar surface area (TPSA) is 77.4 Å². The molecule has 0 spiro atoms. The first-order chi connectivity index (χ1) is 6.45. The quantitative estimate of drug-likeness (QED) is 0.404. The zero-order valence-corrected chi connectivity index (χ0v) is 11.5. The van der Waals surface area contributed by atoms with E-state index in [9.17, 15) is 14.7 Å². The number of aliphatic carboxylic acids is 2. The van der Waals surface area contributed by atoms with Gasteiger partial charge in [0.1, 0.15) is 0 Å². The van der Waals surface area contributed by atoms with E-state index in [4.69, 9.17) is 5.11 Å². The van der Waals surface area contributed by atoms with E-state index in [1.807, 2.05) is 0 Å². The summed E-state index contributed by atoms with van der Waals surface area (Å²) in [6, 6.07) is 0. The van der Waals surface area contributed by atoms with E-state index in [0.29, 0.717) is 12.8 Å². The second kappa shape index (κ2) is 6.20. The Balaban J connectivity index is 0.00000196. The predicted molar refractivity (Wildman–Crippen MR) is 54.4 cm³/mol. The van der Waals surface area contributed by atoms with Crippen LogP contribution in [0, 0.1) is 11.8 Å². The molecule has 0 amide bonds. The van der Waals surface area contributed by atoms with E-state index < -0.39 is 34.3 Å². The molecule has 1 saturated carbocycles. The molecule has 1 fully saturated rings. The van der Waals surface area contributed by atoms with Crippen molar-refractivity contribution in [3.63, 3.8) is 0 Å². The number of rotatable bonds is 2. The fraction of sp³-hybridized carbons (Fsp3) is 0.750. The zero-order valence-electron chi connectivity index (χ0n) is 7.59. The van der Waals surface area contributed by atoms with Gasteiger partial charge in [-0.15, -0.1) is 0 Å². The van der Waals surface area contributed by atoms with Gasteiger partial charge in [0.05, 0.1) is 5.92 Å². The Morgan fingerprint density at radius 2 is 1.53 bits per heavy atom. The minimum absolute atomic E-state index is 0. The van der Waals surface area contributed by atoms with Crippen molar-refractivity contribution in [3.8, 4) is 0 Å². The summed E-state index contributed by atoms with van der Waals surface area (Å²) < 4.78 is 0. The molecule has 0 aliphatic heterocycles. The average molecular weight is 432 g/mol. The van der Waals surface area contributed by atoms with Crippen LogP contribution in [0.5, 0.6) is 0 Å². The number of carboxylic acids is 2. The average Bonchev–Trinajstić information content (AvgIpc) is 2.08. The Labute approximate surface area is 114 Å². The third-order valence-corrected chi connectivity index (χ3v) is 4.18. The van der Waals surface area contributed by atoms with Crippen molar-refractivity contribution in [3.05, 3.63) is 0 Å². The molecule has 4 atom stereocenters. The van der Waals surface area contributed by atoms with E-state index in [1.54, 1.807) is 0 Å². The van der Waals surface area contributed by atoms with Crippen LogP contribution < -0.4 is 5.11 Å². The molecule has 90 valence electrons. The van der Waals surface area contributed by atoms with Crippen LogP contribution in [0.15, 0.2) is 0 Å². The van der Waals surface area contributed by atoms with Gasteiger partial charge in [-0.25, -0.2) is 0 Å². The fourth-order valence-corrected chi connectivity index (χ4v) is 2.67. The van der Waals surface area contributed by atoms with E-state index in [0.717, 1.165) is 0 Å². The van der Waals surface area contributed by atoms with Crippen LogP contribution in [0.2, 0.25) is 0 Å². The molecule has 0 aromatic heterocycles. The van der Waals surface area contributed by atoms with Gasteiger partial charge in [-0.2, -0.15) is 25.3 Å². The summed E-state index contributed by atoms with van der Waals surface area (Å²) in [6.07, 6.45) is 0.615. The van der Waals surface area contributed by atoms with Gasteiger partial charge < -0.3 is 15.0 Å². The molecule has 4 unspecified atom stereocenters. The fourth-order valence-electron chi connectivity index (χ4n) is 1.70. The smallest absolute Gasteiger partial charge is 0.550 e. The van der Waals surface area contributed by atoms with E-state index in [1.165, 1.54) is 0 Å². The zero-order chi connectivity index (χ0) is 10.9. The molecule has 1 rings (SSSR count). The Hall–Kier alpha value is 0.380. The Morgan fingerprint density at radius 1 is 1.13 bits per heavy atom. The van der Waals surface area contributed by atoms with E-state index in [-0.39, 0.29) is 22.4 Å². The van der Waals surface area contributed by atoms with Crippen molar-refractivity contribution >= 4 is 37.2 Å². The molecule has 0 aromatic carbocycles. The number of thiol groups is 2. The predicted octanol–water partition coefficient (Wildman–Crippen LogP) is -0.559. The first-order valence-corrected chi connectivity index (χ1v) is 5.28. The summed E-state index contributed by atoms with van der Waals surface area (Å²) in [5.41, 5.74) is 0. The summed E-state index contributed by atoms with van der Waals surface area (Å²) in [6.45, 7) is 0. The third-order valence-electron chi connectivity index (χ3n) is 2.58. The summed E-state index contributed by atoms with van der Waals surface area (Å²) in [7, 11) is 0. The van der Waals surface area contributed by atoms with Crippen molar-refractivity contribution in [1.29, 1.82) is 0 Å². The molecular weight excluding hydrogens is 421 g/mol. The van der Waals surface area contributed by atoms with Gasteiger partial charge in [-0.3, -0.25) is 4.79 Å². The van der Waals surface area contributed by atoms with Crippen LogP contribution in [0.3, 0.4) is 0 Å². The summed E-state index contributed by atoms with van der Waals surface area (Å²) in [4.78, 5) is 21.4. The van der Waals surface area contributed by atoms with Crippen molar-refractivity contribution in [2.24, 2.45) is 11.8 Å². The number of carbonyl (C=O) groups is 2. The molecule has 4 nitrogen and oxygen atoms in total. The minimum atomic E-state index is -1.17. The van der Waals surface area contributed by atoms with E-state index in [2.05, 4.69) is 25.3 Å². The Bertz CT molecular complexity index is 235. The summed E-state index contributed by atoms with van der Waals surface area (Å²) in [5.74, 6) is -3.43. The standard InChI is InChI=1S/C8H12O4S2.Au/c9-7(10)3-1-2-4(8(11)12)6(14)5(3)13;/h3-6,13-14H,1-2H2,(H,9,10)(H,11,12);/q;+1/p-1. The number of carboxylic acid groups (broad SMARTS) is 2. The number of carbonyl (C=O) groups excluding carboxylic acids is 1. The van der Waals surface area contributed by atoms with Gasteiger partial charge >= 0.3 is 28.3 Å². The molecule has 1 aliphatic rings. The first kappa shape index (κ1) is 15.4. The Morgan fingerprint density at radius 3 is 1.93 bits per heavy atom. The molecule has 15 heavy (non-hydrogen) atoms. The first-order valence-electron chi connectivity index (χ1n) is 4.25. The van der Waals surface area contributed by atoms with Crippen LogP contribution >= 0.6 is 25.3 Å². The van der Waals surface area contributed by atoms with Crippen LogP contribution in [0.25, 0.3) is 0 Å². The molecule has 0 heterocycles. The number of hydrogen-bond acceptors (Lipinski definition) is 5. The molecule has 1 aliphatic carbocycles. The van der Waals surface area contributed by atoms with E-state index >= 15 is 0 Å². The van der Waals surface area contributed by atoms with Crippen molar-refractivity contribution in [1.82, 2.24) is 0 Å². The third kappa shape index (κ3) is 3.42. The van der Waals surface area contributed by atoms with Crippen molar-refractivity contribution in [2.75, 3.05) is 0 Å². The molecule has 0 saturated heterocycles. The maximum atomic E-state index is 10.7. The van der Waals surface area contributed by atoms with Gasteiger partial charge in [0.15, 0.2) is 0 Å². The molecule has 0 aromatic rings. The monoisotopic (exact) mass is 432 g/mol. The second-order valence-corrected chi connectivity index (χ2v) is 4.62. The second-order valence-electron chi connectivity index (χ2n) is 3.43. The van der Waals surface area contributed by atoms with Gasteiger partial charge in [0.2, 0.25) is 0 Å². The molecule has 0 radical (unpaired) electrons.